The second kappa shape index (κ2) is 2.09. The molecule has 0 amide bonds. The molecular weight excluding hydrogens is 102 g/mol. The SMILES string of the molecule is N=C=Cc1ccn[nH]1. The Morgan fingerprint density at radius 3 is 3.25 bits per heavy atom. The average Bonchev–Trinajstić information content (AvgIpc) is 2.19. The van der Waals surface area contributed by atoms with Crippen molar-refractivity contribution < 1.29 is 0 Å². The van der Waals surface area contributed by atoms with E-state index in [1.54, 1.807) is 12.3 Å². The van der Waals surface area contributed by atoms with E-state index in [-0.39, 0.29) is 0 Å². The number of aromatic nitrogens is 2. The number of H-pyrrole nitrogens is 1. The quantitative estimate of drug-likeness (QED) is 0.509. The van der Waals surface area contributed by atoms with E-state index in [9.17, 15) is 0 Å². The van der Waals surface area contributed by atoms with Crippen LogP contribution in [0.1, 0.15) is 5.69 Å². The van der Waals surface area contributed by atoms with Gasteiger partial charge in [-0.05, 0) is 11.9 Å². The molecule has 0 aliphatic heterocycles. The van der Waals surface area contributed by atoms with E-state index in [4.69, 9.17) is 5.41 Å². The molecule has 0 atom stereocenters. The van der Waals surface area contributed by atoms with E-state index < -0.39 is 0 Å². The Morgan fingerprint density at radius 2 is 2.75 bits per heavy atom. The second-order valence-electron chi connectivity index (χ2n) is 1.30. The van der Waals surface area contributed by atoms with Gasteiger partial charge in [-0.2, -0.15) is 5.10 Å². The Labute approximate surface area is 46.6 Å². The molecule has 40 valence electrons. The summed E-state index contributed by atoms with van der Waals surface area (Å²) in [5.41, 5.74) is 0.806. The van der Waals surface area contributed by atoms with Crippen molar-refractivity contribution in [2.24, 2.45) is 0 Å². The van der Waals surface area contributed by atoms with Crippen molar-refractivity contribution in [3.05, 3.63) is 18.0 Å². The molecule has 0 spiro atoms. The van der Waals surface area contributed by atoms with Gasteiger partial charge in [0.05, 0.1) is 5.69 Å². The van der Waals surface area contributed by atoms with Gasteiger partial charge in [0.2, 0.25) is 0 Å². The van der Waals surface area contributed by atoms with E-state index in [1.165, 1.54) is 6.08 Å². The van der Waals surface area contributed by atoms with Crippen molar-refractivity contribution >= 4 is 11.9 Å². The number of aromatic amines is 1. The maximum atomic E-state index is 6.53. The molecule has 1 rings (SSSR count). The Hall–Kier alpha value is -1.34. The van der Waals surface area contributed by atoms with Gasteiger partial charge in [-0.1, -0.05) is 0 Å². The fourth-order valence-electron chi connectivity index (χ4n) is 0.425. The van der Waals surface area contributed by atoms with Gasteiger partial charge in [0, 0.05) is 12.3 Å². The highest BCUT2D eigenvalue weighted by atomic mass is 15.1. The zero-order chi connectivity index (χ0) is 5.82. The predicted molar refractivity (Wildman–Crippen MR) is 30.8 cm³/mol. The number of nitrogens with zero attached hydrogens (tertiary/aromatic N) is 1. The third kappa shape index (κ3) is 0.832. The van der Waals surface area contributed by atoms with Gasteiger partial charge < -0.3 is 0 Å². The van der Waals surface area contributed by atoms with Gasteiger partial charge in [-0.3, -0.25) is 10.5 Å². The van der Waals surface area contributed by atoms with Crippen LogP contribution in [-0.2, 0) is 0 Å². The van der Waals surface area contributed by atoms with Crippen LogP contribution in [0.25, 0.3) is 6.08 Å². The summed E-state index contributed by atoms with van der Waals surface area (Å²) in [5.74, 6) is 2.12. The first-order valence-corrected chi connectivity index (χ1v) is 2.18. The summed E-state index contributed by atoms with van der Waals surface area (Å²) in [4.78, 5) is 0. The van der Waals surface area contributed by atoms with Crippen molar-refractivity contribution in [2.45, 2.75) is 0 Å². The van der Waals surface area contributed by atoms with Crippen LogP contribution in [0.4, 0.5) is 0 Å². The second-order valence-corrected chi connectivity index (χ2v) is 1.30. The van der Waals surface area contributed by atoms with E-state index >= 15 is 0 Å². The van der Waals surface area contributed by atoms with Gasteiger partial charge >= 0.3 is 0 Å². The van der Waals surface area contributed by atoms with E-state index in [1.807, 2.05) is 0 Å². The van der Waals surface area contributed by atoms with Gasteiger partial charge in [0.15, 0.2) is 0 Å². The van der Waals surface area contributed by atoms with Gasteiger partial charge in [0.1, 0.15) is 0 Å². The summed E-state index contributed by atoms with van der Waals surface area (Å²) in [6, 6.07) is 1.77. The predicted octanol–water partition coefficient (Wildman–Crippen LogP) is 0.671. The lowest BCUT2D eigenvalue weighted by atomic mass is 10.4. The monoisotopic (exact) mass is 107 g/mol. The number of hydrogen-bond donors (Lipinski definition) is 2. The Morgan fingerprint density at radius 1 is 1.88 bits per heavy atom. The lowest BCUT2D eigenvalue weighted by Crippen LogP contribution is -1.68. The Balaban J connectivity index is 2.93. The first-order chi connectivity index (χ1) is 3.93. The van der Waals surface area contributed by atoms with Crippen molar-refractivity contribution in [3.8, 4) is 0 Å². The molecule has 0 aliphatic carbocycles. The lowest BCUT2D eigenvalue weighted by molar-refractivity contribution is 1.08. The smallest absolute Gasteiger partial charge is 0.0670 e. The third-order valence-corrected chi connectivity index (χ3v) is 0.750. The minimum absolute atomic E-state index is 0.806. The third-order valence-electron chi connectivity index (χ3n) is 0.750. The van der Waals surface area contributed by atoms with Crippen molar-refractivity contribution in [1.82, 2.24) is 10.2 Å². The highest BCUT2D eigenvalue weighted by Gasteiger charge is 1.80. The molecule has 8 heavy (non-hydrogen) atoms. The molecular formula is C5H5N3. The van der Waals surface area contributed by atoms with Crippen molar-refractivity contribution in [3.63, 3.8) is 0 Å². The fourth-order valence-corrected chi connectivity index (χ4v) is 0.425. The largest absolute Gasteiger partial charge is 0.278 e. The highest BCUT2D eigenvalue weighted by Crippen LogP contribution is 1.89. The van der Waals surface area contributed by atoms with Crippen LogP contribution in [0.3, 0.4) is 0 Å². The molecule has 1 aromatic heterocycles. The maximum absolute atomic E-state index is 6.53. The molecule has 0 aliphatic rings. The number of hydrogen-bond acceptors (Lipinski definition) is 2. The molecule has 0 radical (unpaired) electrons. The van der Waals surface area contributed by atoms with E-state index in [0.29, 0.717) is 0 Å². The first kappa shape index (κ1) is 4.81. The van der Waals surface area contributed by atoms with Crippen LogP contribution in [-0.4, -0.2) is 16.1 Å². The summed E-state index contributed by atoms with van der Waals surface area (Å²) in [5, 5.41) is 12.8. The van der Waals surface area contributed by atoms with Crippen LogP contribution in [0, 0.1) is 5.41 Å². The minimum Gasteiger partial charge on any atom is -0.278 e. The standard InChI is InChI=1S/C5H5N3/c6-3-1-5-2-4-7-8-5/h1-2,4,6H,(H,7,8). The van der Waals surface area contributed by atoms with Crippen molar-refractivity contribution in [2.75, 3.05) is 0 Å². The summed E-state index contributed by atoms with van der Waals surface area (Å²) in [7, 11) is 0. The lowest BCUT2D eigenvalue weighted by Gasteiger charge is -1.72. The normalized spacial score (nSPS) is 8.00. The van der Waals surface area contributed by atoms with Crippen LogP contribution in [0.5, 0.6) is 0 Å². The van der Waals surface area contributed by atoms with Crippen LogP contribution in [0.2, 0.25) is 0 Å². The van der Waals surface area contributed by atoms with Crippen molar-refractivity contribution in [1.29, 1.82) is 5.41 Å². The molecule has 0 bridgehead atoms. The molecule has 0 saturated carbocycles. The van der Waals surface area contributed by atoms with E-state index in [0.717, 1.165) is 5.69 Å². The fraction of sp³-hybridized carbons (Fsp3) is 0. The summed E-state index contributed by atoms with van der Waals surface area (Å²) in [6.07, 6.45) is 3.14. The van der Waals surface area contributed by atoms with Gasteiger partial charge in [0.25, 0.3) is 0 Å². The molecule has 3 nitrogen and oxygen atoms in total. The van der Waals surface area contributed by atoms with E-state index in [2.05, 4.69) is 16.1 Å². The molecule has 0 aromatic carbocycles. The molecule has 0 saturated heterocycles. The molecule has 2 N–H and O–H groups in total. The molecule has 1 aromatic rings. The summed E-state index contributed by atoms with van der Waals surface area (Å²) < 4.78 is 0. The zero-order valence-electron chi connectivity index (χ0n) is 4.18. The molecule has 0 fully saturated rings. The molecule has 1 heterocycles. The van der Waals surface area contributed by atoms with Gasteiger partial charge in [-0.15, -0.1) is 0 Å². The highest BCUT2D eigenvalue weighted by molar-refractivity contribution is 5.73. The maximum Gasteiger partial charge on any atom is 0.0670 e. The summed E-state index contributed by atoms with van der Waals surface area (Å²) in [6.45, 7) is 0. The molecule has 3 heteroatoms. The van der Waals surface area contributed by atoms with Gasteiger partial charge in [-0.25, -0.2) is 0 Å². The van der Waals surface area contributed by atoms with Crippen LogP contribution < -0.4 is 0 Å². The van der Waals surface area contributed by atoms with Crippen LogP contribution in [0.15, 0.2) is 12.3 Å². The molecule has 0 unspecified atom stereocenters. The Kier molecular flexibility index (Phi) is 1.26. The average molecular weight is 107 g/mol. The zero-order valence-corrected chi connectivity index (χ0v) is 4.18. The Bertz CT molecular complexity index is 193. The minimum atomic E-state index is 0.806. The number of nitrogens with one attached hydrogen (secondary N) is 2. The number of rotatable bonds is 1. The topological polar surface area (TPSA) is 52.5 Å². The van der Waals surface area contributed by atoms with Crippen LogP contribution >= 0.6 is 0 Å². The first-order valence-electron chi connectivity index (χ1n) is 2.18. The summed E-state index contributed by atoms with van der Waals surface area (Å²) >= 11 is 0.